The van der Waals surface area contributed by atoms with Gasteiger partial charge in [-0.1, -0.05) is 26.7 Å². The number of ether oxygens (including phenoxy) is 2. The lowest BCUT2D eigenvalue weighted by atomic mass is 9.89. The maximum atomic E-state index is 12.6. The topological polar surface area (TPSA) is 35.5 Å². The van der Waals surface area contributed by atoms with E-state index in [2.05, 4.69) is 13.8 Å². The first kappa shape index (κ1) is 15.5. The van der Waals surface area contributed by atoms with Crippen LogP contribution in [0, 0.1) is 5.92 Å². The summed E-state index contributed by atoms with van der Waals surface area (Å²) < 4.78 is 10.5. The summed E-state index contributed by atoms with van der Waals surface area (Å²) in [5.41, 5.74) is 0.662. The molecule has 0 aliphatic rings. The zero-order chi connectivity index (χ0) is 14.3. The van der Waals surface area contributed by atoms with E-state index in [0.717, 1.165) is 25.7 Å². The molecular formula is C16H24O3. The van der Waals surface area contributed by atoms with Crippen molar-refractivity contribution in [1.29, 1.82) is 0 Å². The van der Waals surface area contributed by atoms with Crippen LogP contribution >= 0.6 is 0 Å². The molecule has 1 aromatic carbocycles. The van der Waals surface area contributed by atoms with Crippen LogP contribution < -0.4 is 9.47 Å². The van der Waals surface area contributed by atoms with Gasteiger partial charge in [0.15, 0.2) is 5.78 Å². The molecule has 1 aromatic rings. The van der Waals surface area contributed by atoms with Crippen LogP contribution in [0.25, 0.3) is 0 Å². The van der Waals surface area contributed by atoms with Gasteiger partial charge >= 0.3 is 0 Å². The van der Waals surface area contributed by atoms with Gasteiger partial charge in [0.05, 0.1) is 19.8 Å². The summed E-state index contributed by atoms with van der Waals surface area (Å²) in [6.07, 6.45) is 3.91. The molecule has 0 fully saturated rings. The number of hydrogen-bond acceptors (Lipinski definition) is 3. The molecule has 0 saturated carbocycles. The molecule has 1 rings (SSSR count). The van der Waals surface area contributed by atoms with Crippen molar-refractivity contribution in [2.24, 2.45) is 5.92 Å². The highest BCUT2D eigenvalue weighted by Crippen LogP contribution is 2.29. The molecule has 0 unspecified atom stereocenters. The standard InChI is InChI=1S/C16H24O3/c1-5-7-12(8-6-2)16(17)14-10-9-13(18-3)11-15(14)19-4/h9-12H,5-8H2,1-4H3. The van der Waals surface area contributed by atoms with E-state index in [0.29, 0.717) is 17.1 Å². The lowest BCUT2D eigenvalue weighted by Gasteiger charge is -2.16. The van der Waals surface area contributed by atoms with Crippen LogP contribution in [0.3, 0.4) is 0 Å². The fourth-order valence-electron chi connectivity index (χ4n) is 2.33. The second-order valence-electron chi connectivity index (χ2n) is 4.70. The van der Waals surface area contributed by atoms with Crippen LogP contribution in [0.15, 0.2) is 18.2 Å². The molecule has 0 N–H and O–H groups in total. The molecule has 0 saturated heterocycles. The SMILES string of the molecule is CCCC(CCC)C(=O)c1ccc(OC)cc1OC. The zero-order valence-electron chi connectivity index (χ0n) is 12.4. The number of carbonyl (C=O) groups excluding carboxylic acids is 1. The molecule has 0 aromatic heterocycles. The highest BCUT2D eigenvalue weighted by atomic mass is 16.5. The van der Waals surface area contributed by atoms with Crippen LogP contribution in [0.4, 0.5) is 0 Å². The van der Waals surface area contributed by atoms with E-state index in [4.69, 9.17) is 9.47 Å². The van der Waals surface area contributed by atoms with E-state index in [-0.39, 0.29) is 11.7 Å². The largest absolute Gasteiger partial charge is 0.497 e. The Hall–Kier alpha value is -1.51. The summed E-state index contributed by atoms with van der Waals surface area (Å²) >= 11 is 0. The summed E-state index contributed by atoms with van der Waals surface area (Å²) in [6, 6.07) is 5.38. The molecule has 106 valence electrons. The van der Waals surface area contributed by atoms with Gasteiger partial charge in [0.1, 0.15) is 11.5 Å². The minimum absolute atomic E-state index is 0.0947. The number of methoxy groups -OCH3 is 2. The van der Waals surface area contributed by atoms with Crippen molar-refractivity contribution in [2.45, 2.75) is 39.5 Å². The van der Waals surface area contributed by atoms with Gasteiger partial charge in [0.25, 0.3) is 0 Å². The lowest BCUT2D eigenvalue weighted by molar-refractivity contribution is 0.0901. The van der Waals surface area contributed by atoms with Crippen molar-refractivity contribution in [3.8, 4) is 11.5 Å². The van der Waals surface area contributed by atoms with Gasteiger partial charge in [-0.2, -0.15) is 0 Å². The van der Waals surface area contributed by atoms with Gasteiger partial charge < -0.3 is 9.47 Å². The molecule has 0 aliphatic carbocycles. The Morgan fingerprint density at radius 3 is 2.21 bits per heavy atom. The molecule has 3 nitrogen and oxygen atoms in total. The second kappa shape index (κ2) is 7.82. The summed E-state index contributed by atoms with van der Waals surface area (Å²) in [6.45, 7) is 4.22. The van der Waals surface area contributed by atoms with E-state index in [1.807, 2.05) is 6.07 Å². The number of Topliss-reactive ketones (excluding diaryl/α,β-unsaturated/α-hetero) is 1. The van der Waals surface area contributed by atoms with E-state index in [1.165, 1.54) is 0 Å². The minimum atomic E-state index is 0.0947. The normalized spacial score (nSPS) is 10.6. The van der Waals surface area contributed by atoms with E-state index in [9.17, 15) is 4.79 Å². The second-order valence-corrected chi connectivity index (χ2v) is 4.70. The Labute approximate surface area is 115 Å². The maximum Gasteiger partial charge on any atom is 0.169 e. The highest BCUT2D eigenvalue weighted by molar-refractivity contribution is 6.00. The van der Waals surface area contributed by atoms with Crippen LogP contribution in [0.1, 0.15) is 49.9 Å². The first-order valence-corrected chi connectivity index (χ1v) is 6.94. The monoisotopic (exact) mass is 264 g/mol. The smallest absolute Gasteiger partial charge is 0.169 e. The third-order valence-electron chi connectivity index (χ3n) is 3.32. The third-order valence-corrected chi connectivity index (χ3v) is 3.32. The summed E-state index contributed by atoms with van der Waals surface area (Å²) in [4.78, 5) is 12.6. The zero-order valence-corrected chi connectivity index (χ0v) is 12.4. The first-order valence-electron chi connectivity index (χ1n) is 6.94. The van der Waals surface area contributed by atoms with Crippen molar-refractivity contribution < 1.29 is 14.3 Å². The molecule has 3 heteroatoms. The van der Waals surface area contributed by atoms with E-state index in [1.54, 1.807) is 26.4 Å². The van der Waals surface area contributed by atoms with Gasteiger partial charge in [-0.3, -0.25) is 4.79 Å². The Bertz CT molecular complexity index is 406. The molecular weight excluding hydrogens is 240 g/mol. The molecule has 0 heterocycles. The number of benzene rings is 1. The van der Waals surface area contributed by atoms with Crippen LogP contribution in [0.2, 0.25) is 0 Å². The van der Waals surface area contributed by atoms with Gasteiger partial charge in [0.2, 0.25) is 0 Å². The van der Waals surface area contributed by atoms with Crippen LogP contribution in [0.5, 0.6) is 11.5 Å². The molecule has 0 bridgehead atoms. The van der Waals surface area contributed by atoms with Crippen LogP contribution in [-0.2, 0) is 0 Å². The summed E-state index contributed by atoms with van der Waals surface area (Å²) in [7, 11) is 3.19. The van der Waals surface area contributed by atoms with E-state index >= 15 is 0 Å². The van der Waals surface area contributed by atoms with E-state index < -0.39 is 0 Å². The quantitative estimate of drug-likeness (QED) is 0.663. The predicted molar refractivity (Wildman–Crippen MR) is 77.2 cm³/mol. The maximum absolute atomic E-state index is 12.6. The Morgan fingerprint density at radius 2 is 1.74 bits per heavy atom. The van der Waals surface area contributed by atoms with Crippen molar-refractivity contribution >= 4 is 5.78 Å². The molecule has 0 atom stereocenters. The molecule has 0 radical (unpaired) electrons. The Balaban J connectivity index is 3.02. The lowest BCUT2D eigenvalue weighted by Crippen LogP contribution is -2.15. The van der Waals surface area contributed by atoms with Crippen molar-refractivity contribution in [1.82, 2.24) is 0 Å². The summed E-state index contributed by atoms with van der Waals surface area (Å²) in [5.74, 6) is 1.58. The molecule has 0 amide bonds. The van der Waals surface area contributed by atoms with Gasteiger partial charge in [-0.15, -0.1) is 0 Å². The van der Waals surface area contributed by atoms with Crippen molar-refractivity contribution in [2.75, 3.05) is 14.2 Å². The van der Waals surface area contributed by atoms with Crippen LogP contribution in [-0.4, -0.2) is 20.0 Å². The van der Waals surface area contributed by atoms with Crippen molar-refractivity contribution in [3.05, 3.63) is 23.8 Å². The Kier molecular flexibility index (Phi) is 6.40. The predicted octanol–water partition coefficient (Wildman–Crippen LogP) is 4.10. The number of ketones is 1. The molecule has 0 spiro atoms. The fraction of sp³-hybridized carbons (Fsp3) is 0.562. The van der Waals surface area contributed by atoms with Gasteiger partial charge in [0, 0.05) is 12.0 Å². The Morgan fingerprint density at radius 1 is 1.11 bits per heavy atom. The minimum Gasteiger partial charge on any atom is -0.497 e. The highest BCUT2D eigenvalue weighted by Gasteiger charge is 2.21. The number of rotatable bonds is 8. The first-order chi connectivity index (χ1) is 9.17. The fourth-order valence-corrected chi connectivity index (χ4v) is 2.33. The number of carbonyl (C=O) groups is 1. The molecule has 0 aliphatic heterocycles. The summed E-state index contributed by atoms with van der Waals surface area (Å²) in [5, 5.41) is 0. The third kappa shape index (κ3) is 3.98. The van der Waals surface area contributed by atoms with Crippen molar-refractivity contribution in [3.63, 3.8) is 0 Å². The average Bonchev–Trinajstić information content (AvgIpc) is 2.45. The van der Waals surface area contributed by atoms with Gasteiger partial charge in [-0.05, 0) is 25.0 Å². The van der Waals surface area contributed by atoms with Gasteiger partial charge in [-0.25, -0.2) is 0 Å². The average molecular weight is 264 g/mol. The molecule has 19 heavy (non-hydrogen) atoms. The number of hydrogen-bond donors (Lipinski definition) is 0.